The standard InChI is InChI=1S/C19H19N7O2.ClH/c1-27-17-6-13(28-14-4-5-21-10-14)2-3-15(17)16-7-18(26-25-16)24-19-11-22-12(8-20)9-23-19;/h2-3,6-7,9,11,14,21H,4-5,10H2,1H3,(H2,23,24,25,26);1H/t14-;/m0./s1. The Balaban J connectivity index is 0.00000240. The summed E-state index contributed by atoms with van der Waals surface area (Å²) in [6, 6.07) is 9.53. The minimum atomic E-state index is 0. The molecule has 3 aromatic rings. The van der Waals surface area contributed by atoms with E-state index in [4.69, 9.17) is 14.7 Å². The lowest BCUT2D eigenvalue weighted by Gasteiger charge is -2.14. The zero-order chi connectivity index (χ0) is 19.3. The predicted octanol–water partition coefficient (Wildman–Crippen LogP) is 2.65. The summed E-state index contributed by atoms with van der Waals surface area (Å²) in [5, 5.41) is 22.3. The van der Waals surface area contributed by atoms with Crippen molar-refractivity contribution in [2.24, 2.45) is 0 Å². The first kappa shape index (κ1) is 20.4. The zero-order valence-electron chi connectivity index (χ0n) is 15.7. The Morgan fingerprint density at radius 2 is 2.10 bits per heavy atom. The van der Waals surface area contributed by atoms with Crippen LogP contribution in [0.25, 0.3) is 11.3 Å². The Labute approximate surface area is 173 Å². The molecule has 4 rings (SSSR count). The maximum absolute atomic E-state index is 8.78. The molecule has 10 heteroatoms. The molecule has 0 saturated carbocycles. The summed E-state index contributed by atoms with van der Waals surface area (Å²) in [5.41, 5.74) is 1.91. The van der Waals surface area contributed by atoms with Crippen molar-refractivity contribution in [3.05, 3.63) is 42.4 Å². The average molecular weight is 414 g/mol. The lowest BCUT2D eigenvalue weighted by atomic mass is 10.1. The zero-order valence-corrected chi connectivity index (χ0v) is 16.5. The molecular weight excluding hydrogens is 394 g/mol. The van der Waals surface area contributed by atoms with Crippen molar-refractivity contribution in [1.29, 1.82) is 5.26 Å². The molecule has 9 nitrogen and oxygen atoms in total. The summed E-state index contributed by atoms with van der Waals surface area (Å²) in [6.07, 6.45) is 4.07. The number of nitrogens with zero attached hydrogens (tertiary/aromatic N) is 4. The topological polar surface area (TPSA) is 121 Å². The van der Waals surface area contributed by atoms with Gasteiger partial charge in [0.25, 0.3) is 0 Å². The molecule has 1 fully saturated rings. The summed E-state index contributed by atoms with van der Waals surface area (Å²) < 4.78 is 11.5. The Bertz CT molecular complexity index is 995. The highest BCUT2D eigenvalue weighted by Gasteiger charge is 2.17. The van der Waals surface area contributed by atoms with Gasteiger partial charge in [-0.2, -0.15) is 10.4 Å². The molecule has 2 aromatic heterocycles. The number of rotatable bonds is 6. The molecule has 3 N–H and O–H groups in total. The van der Waals surface area contributed by atoms with Gasteiger partial charge in [-0.15, -0.1) is 12.4 Å². The smallest absolute Gasteiger partial charge is 0.158 e. The Kier molecular flexibility index (Phi) is 6.49. The molecule has 1 aliphatic rings. The van der Waals surface area contributed by atoms with Crippen molar-refractivity contribution in [1.82, 2.24) is 25.5 Å². The number of H-pyrrole nitrogens is 1. The second kappa shape index (κ2) is 9.23. The minimum Gasteiger partial charge on any atom is -0.496 e. The molecule has 1 saturated heterocycles. The molecule has 0 radical (unpaired) electrons. The van der Waals surface area contributed by atoms with E-state index in [0.717, 1.165) is 36.5 Å². The first-order chi connectivity index (χ1) is 13.7. The number of methoxy groups -OCH3 is 1. The predicted molar refractivity (Wildman–Crippen MR) is 110 cm³/mol. The van der Waals surface area contributed by atoms with E-state index in [1.54, 1.807) is 7.11 Å². The highest BCUT2D eigenvalue weighted by molar-refractivity contribution is 5.85. The fourth-order valence-corrected chi connectivity index (χ4v) is 2.99. The third-order valence-electron chi connectivity index (χ3n) is 4.38. The third kappa shape index (κ3) is 4.74. The third-order valence-corrected chi connectivity index (χ3v) is 4.38. The van der Waals surface area contributed by atoms with Crippen LogP contribution in [-0.4, -0.2) is 46.5 Å². The summed E-state index contributed by atoms with van der Waals surface area (Å²) in [6.45, 7) is 1.84. The van der Waals surface area contributed by atoms with E-state index in [-0.39, 0.29) is 24.2 Å². The van der Waals surface area contributed by atoms with Crippen molar-refractivity contribution in [2.75, 3.05) is 25.5 Å². The van der Waals surface area contributed by atoms with Gasteiger partial charge < -0.3 is 20.1 Å². The summed E-state index contributed by atoms with van der Waals surface area (Å²) in [4.78, 5) is 8.10. The number of aromatic nitrogens is 4. The second-order valence-corrected chi connectivity index (χ2v) is 6.29. The van der Waals surface area contributed by atoms with Gasteiger partial charge in [0.1, 0.15) is 29.5 Å². The van der Waals surface area contributed by atoms with Crippen molar-refractivity contribution in [3.63, 3.8) is 0 Å². The van der Waals surface area contributed by atoms with E-state index in [2.05, 4.69) is 30.8 Å². The first-order valence-electron chi connectivity index (χ1n) is 8.85. The molecule has 1 aliphatic heterocycles. The molecule has 1 atom stereocenters. The van der Waals surface area contributed by atoms with E-state index >= 15 is 0 Å². The van der Waals surface area contributed by atoms with Gasteiger partial charge in [-0.25, -0.2) is 9.97 Å². The lowest BCUT2D eigenvalue weighted by Crippen LogP contribution is -2.19. The molecule has 0 aliphatic carbocycles. The molecule has 150 valence electrons. The summed E-state index contributed by atoms with van der Waals surface area (Å²) in [7, 11) is 1.63. The molecule has 0 unspecified atom stereocenters. The van der Waals surface area contributed by atoms with E-state index in [0.29, 0.717) is 17.4 Å². The molecule has 0 amide bonds. The number of benzene rings is 1. The van der Waals surface area contributed by atoms with Gasteiger partial charge in [-0.05, 0) is 25.1 Å². The highest BCUT2D eigenvalue weighted by atomic mass is 35.5. The minimum absolute atomic E-state index is 0. The summed E-state index contributed by atoms with van der Waals surface area (Å²) >= 11 is 0. The summed E-state index contributed by atoms with van der Waals surface area (Å²) in [5.74, 6) is 2.54. The number of hydrogen-bond acceptors (Lipinski definition) is 8. The van der Waals surface area contributed by atoms with Crippen LogP contribution in [0.4, 0.5) is 11.6 Å². The van der Waals surface area contributed by atoms with Gasteiger partial charge in [0, 0.05) is 24.2 Å². The van der Waals surface area contributed by atoms with E-state index in [9.17, 15) is 0 Å². The number of anilines is 2. The number of halogens is 1. The lowest BCUT2D eigenvalue weighted by molar-refractivity contribution is 0.222. The molecular formula is C19H20ClN7O2. The van der Waals surface area contributed by atoms with Gasteiger partial charge in [-0.3, -0.25) is 5.10 Å². The van der Waals surface area contributed by atoms with Crippen LogP contribution in [0.3, 0.4) is 0 Å². The Morgan fingerprint density at radius 3 is 2.79 bits per heavy atom. The van der Waals surface area contributed by atoms with E-state index < -0.39 is 0 Å². The van der Waals surface area contributed by atoms with Crippen LogP contribution >= 0.6 is 12.4 Å². The average Bonchev–Trinajstić information content (AvgIpc) is 3.41. The monoisotopic (exact) mass is 413 g/mol. The van der Waals surface area contributed by atoms with Crippen LogP contribution in [0.2, 0.25) is 0 Å². The van der Waals surface area contributed by atoms with Crippen LogP contribution in [0.5, 0.6) is 11.5 Å². The fourth-order valence-electron chi connectivity index (χ4n) is 2.99. The van der Waals surface area contributed by atoms with Gasteiger partial charge in [-0.1, -0.05) is 0 Å². The highest BCUT2D eigenvalue weighted by Crippen LogP contribution is 2.34. The van der Waals surface area contributed by atoms with Crippen molar-refractivity contribution in [2.45, 2.75) is 12.5 Å². The van der Waals surface area contributed by atoms with Crippen LogP contribution < -0.4 is 20.1 Å². The molecule has 0 spiro atoms. The van der Waals surface area contributed by atoms with Crippen molar-refractivity contribution in [3.8, 4) is 28.8 Å². The van der Waals surface area contributed by atoms with Gasteiger partial charge in [0.05, 0.1) is 25.2 Å². The molecule has 1 aromatic carbocycles. The van der Waals surface area contributed by atoms with E-state index in [1.807, 2.05) is 30.3 Å². The number of nitriles is 1. The molecule has 29 heavy (non-hydrogen) atoms. The number of aromatic amines is 1. The number of hydrogen-bond donors (Lipinski definition) is 3. The normalized spacial score (nSPS) is 15.2. The largest absolute Gasteiger partial charge is 0.496 e. The number of ether oxygens (including phenoxy) is 2. The SMILES string of the molecule is COc1cc(O[C@H]2CCNC2)ccc1-c1cc(Nc2cnc(C#N)cn2)n[nH]1.Cl. The fraction of sp³-hybridized carbons (Fsp3) is 0.263. The van der Waals surface area contributed by atoms with Crippen molar-refractivity contribution >= 4 is 24.0 Å². The Morgan fingerprint density at radius 1 is 1.21 bits per heavy atom. The van der Waals surface area contributed by atoms with Crippen molar-refractivity contribution < 1.29 is 9.47 Å². The molecule has 3 heterocycles. The van der Waals surface area contributed by atoms with Crippen LogP contribution in [0.1, 0.15) is 12.1 Å². The second-order valence-electron chi connectivity index (χ2n) is 6.29. The molecule has 0 bridgehead atoms. The maximum Gasteiger partial charge on any atom is 0.158 e. The quantitative estimate of drug-likeness (QED) is 0.564. The Hall–Kier alpha value is -3.35. The van der Waals surface area contributed by atoms with Crippen LogP contribution in [0, 0.1) is 11.3 Å². The first-order valence-corrected chi connectivity index (χ1v) is 8.85. The van der Waals surface area contributed by atoms with Gasteiger partial charge >= 0.3 is 0 Å². The van der Waals surface area contributed by atoms with Crippen LogP contribution in [-0.2, 0) is 0 Å². The van der Waals surface area contributed by atoms with Gasteiger partial charge in [0.15, 0.2) is 11.5 Å². The van der Waals surface area contributed by atoms with E-state index in [1.165, 1.54) is 12.4 Å². The number of nitrogens with one attached hydrogen (secondary N) is 3. The maximum atomic E-state index is 8.78. The van der Waals surface area contributed by atoms with Crippen LogP contribution in [0.15, 0.2) is 36.7 Å². The van der Waals surface area contributed by atoms with Gasteiger partial charge in [0.2, 0.25) is 0 Å².